The molecule has 0 fully saturated rings. The number of rotatable bonds is 5. The predicted octanol–water partition coefficient (Wildman–Crippen LogP) is 2.27. The van der Waals surface area contributed by atoms with Crippen LogP contribution in [0, 0.1) is 5.92 Å². The molecule has 1 unspecified atom stereocenters. The van der Waals surface area contributed by atoms with Crippen LogP contribution in [-0.2, 0) is 11.3 Å². The molecule has 2 aromatic rings. The van der Waals surface area contributed by atoms with E-state index in [4.69, 9.17) is 5.11 Å². The lowest BCUT2D eigenvalue weighted by molar-refractivity contribution is -0.138. The summed E-state index contributed by atoms with van der Waals surface area (Å²) in [7, 11) is 0. The summed E-state index contributed by atoms with van der Waals surface area (Å²) < 4.78 is 2.65. The third kappa shape index (κ3) is 3.14. The minimum Gasteiger partial charge on any atom is -0.481 e. The minimum absolute atomic E-state index is 0.0202. The smallest absolute Gasteiger partial charge is 0.303 e. The Morgan fingerprint density at radius 3 is 3.00 bits per heavy atom. The third-order valence-electron chi connectivity index (χ3n) is 2.33. The first-order chi connectivity index (χ1) is 8.56. The molecule has 2 heterocycles. The molecule has 6 nitrogen and oxygen atoms in total. The van der Waals surface area contributed by atoms with E-state index in [-0.39, 0.29) is 12.3 Å². The van der Waals surface area contributed by atoms with Gasteiger partial charge in [0.2, 0.25) is 0 Å². The molecular weight excluding hydrogens is 320 g/mol. The predicted molar refractivity (Wildman–Crippen MR) is 70.2 cm³/mol. The van der Waals surface area contributed by atoms with Gasteiger partial charge in [-0.25, -0.2) is 4.68 Å². The van der Waals surface area contributed by atoms with Crippen molar-refractivity contribution in [3.05, 3.63) is 15.9 Å². The Hall–Kier alpha value is -1.28. The Bertz CT molecular complexity index is 554. The van der Waals surface area contributed by atoms with Gasteiger partial charge in [-0.05, 0) is 44.4 Å². The third-order valence-corrected chi connectivity index (χ3v) is 3.95. The zero-order valence-electron chi connectivity index (χ0n) is 9.58. The molecule has 18 heavy (non-hydrogen) atoms. The fourth-order valence-corrected chi connectivity index (χ4v) is 2.97. The van der Waals surface area contributed by atoms with Crippen LogP contribution in [-0.4, -0.2) is 31.3 Å². The van der Waals surface area contributed by atoms with Crippen LogP contribution >= 0.6 is 27.3 Å². The summed E-state index contributed by atoms with van der Waals surface area (Å²) in [5, 5.41) is 20.3. The fraction of sp³-hybridized carbons (Fsp3) is 0.400. The van der Waals surface area contributed by atoms with Gasteiger partial charge in [0, 0.05) is 13.0 Å². The maximum absolute atomic E-state index is 10.6. The molecule has 0 aliphatic rings. The molecule has 0 aliphatic carbocycles. The van der Waals surface area contributed by atoms with E-state index in [9.17, 15) is 4.79 Å². The lowest BCUT2D eigenvalue weighted by Crippen LogP contribution is -2.13. The summed E-state index contributed by atoms with van der Waals surface area (Å²) in [5.74, 6) is -0.160. The first-order valence-electron chi connectivity index (χ1n) is 5.30. The Kier molecular flexibility index (Phi) is 4.07. The monoisotopic (exact) mass is 330 g/mol. The highest BCUT2D eigenvalue weighted by atomic mass is 79.9. The summed E-state index contributed by atoms with van der Waals surface area (Å²) in [6.45, 7) is 2.36. The van der Waals surface area contributed by atoms with Crippen LogP contribution in [0.5, 0.6) is 0 Å². The molecular formula is C10H11BrN4O2S. The molecule has 0 spiro atoms. The van der Waals surface area contributed by atoms with E-state index in [1.807, 2.05) is 19.1 Å². The Balaban J connectivity index is 2.15. The molecule has 0 saturated carbocycles. The van der Waals surface area contributed by atoms with Crippen molar-refractivity contribution in [2.75, 3.05) is 0 Å². The van der Waals surface area contributed by atoms with Crippen molar-refractivity contribution in [3.63, 3.8) is 0 Å². The molecule has 0 radical (unpaired) electrons. The van der Waals surface area contributed by atoms with E-state index in [1.165, 1.54) is 11.3 Å². The van der Waals surface area contributed by atoms with E-state index in [1.54, 1.807) is 4.68 Å². The molecule has 1 atom stereocenters. The first-order valence-corrected chi connectivity index (χ1v) is 6.91. The van der Waals surface area contributed by atoms with Crippen LogP contribution in [0.4, 0.5) is 0 Å². The molecule has 2 rings (SSSR count). The van der Waals surface area contributed by atoms with Crippen molar-refractivity contribution >= 4 is 33.2 Å². The average Bonchev–Trinajstić information content (AvgIpc) is 2.85. The Morgan fingerprint density at radius 1 is 1.61 bits per heavy atom. The summed E-state index contributed by atoms with van der Waals surface area (Å²) in [5.41, 5.74) is 0. The molecule has 8 heteroatoms. The zero-order valence-corrected chi connectivity index (χ0v) is 12.0. The summed E-state index contributed by atoms with van der Waals surface area (Å²) in [4.78, 5) is 11.6. The van der Waals surface area contributed by atoms with Crippen molar-refractivity contribution in [2.45, 2.75) is 19.9 Å². The number of halogens is 1. The number of nitrogens with zero attached hydrogens (tertiary/aromatic N) is 4. The summed E-state index contributed by atoms with van der Waals surface area (Å²) in [6.07, 6.45) is 0.105. The lowest BCUT2D eigenvalue weighted by Gasteiger charge is -2.08. The largest absolute Gasteiger partial charge is 0.481 e. The summed E-state index contributed by atoms with van der Waals surface area (Å²) in [6, 6.07) is 3.86. The number of aromatic nitrogens is 4. The van der Waals surface area contributed by atoms with E-state index < -0.39 is 5.97 Å². The normalized spacial score (nSPS) is 12.6. The molecule has 96 valence electrons. The molecule has 2 aromatic heterocycles. The molecule has 1 N–H and O–H groups in total. The second-order valence-electron chi connectivity index (χ2n) is 3.99. The van der Waals surface area contributed by atoms with Gasteiger partial charge in [0.15, 0.2) is 5.82 Å². The lowest BCUT2D eigenvalue weighted by atomic mass is 10.1. The average molecular weight is 331 g/mol. The van der Waals surface area contributed by atoms with E-state index >= 15 is 0 Å². The van der Waals surface area contributed by atoms with Crippen molar-refractivity contribution < 1.29 is 9.90 Å². The molecule has 0 aromatic carbocycles. The SMILES string of the molecule is CC(CC(=O)O)Cn1nnnc1-c1ccc(Br)s1. The molecule has 0 saturated heterocycles. The second kappa shape index (κ2) is 5.57. The maximum atomic E-state index is 10.6. The van der Waals surface area contributed by atoms with Crippen LogP contribution in [0.3, 0.4) is 0 Å². The number of hydrogen-bond acceptors (Lipinski definition) is 5. The Labute approximate surface area is 116 Å². The topological polar surface area (TPSA) is 80.9 Å². The number of aliphatic carboxylic acids is 1. The highest BCUT2D eigenvalue weighted by molar-refractivity contribution is 9.11. The number of carboxylic acid groups (broad SMARTS) is 1. The van der Waals surface area contributed by atoms with Crippen LogP contribution in [0.2, 0.25) is 0 Å². The first kappa shape index (κ1) is 13.2. The van der Waals surface area contributed by atoms with E-state index in [0.29, 0.717) is 12.4 Å². The summed E-state index contributed by atoms with van der Waals surface area (Å²) >= 11 is 4.93. The van der Waals surface area contributed by atoms with Crippen LogP contribution in [0.25, 0.3) is 10.7 Å². The zero-order chi connectivity index (χ0) is 13.1. The van der Waals surface area contributed by atoms with E-state index in [2.05, 4.69) is 31.5 Å². The van der Waals surface area contributed by atoms with Gasteiger partial charge in [-0.3, -0.25) is 4.79 Å². The molecule has 0 amide bonds. The number of hydrogen-bond donors (Lipinski definition) is 1. The molecule has 0 bridgehead atoms. The van der Waals surface area contributed by atoms with Gasteiger partial charge in [0.05, 0.1) is 8.66 Å². The van der Waals surface area contributed by atoms with Gasteiger partial charge in [0.25, 0.3) is 0 Å². The maximum Gasteiger partial charge on any atom is 0.303 e. The highest BCUT2D eigenvalue weighted by Crippen LogP contribution is 2.29. The van der Waals surface area contributed by atoms with Gasteiger partial charge in [0.1, 0.15) is 0 Å². The van der Waals surface area contributed by atoms with Gasteiger partial charge in [-0.15, -0.1) is 16.4 Å². The van der Waals surface area contributed by atoms with Crippen molar-refractivity contribution in [2.24, 2.45) is 5.92 Å². The fourth-order valence-electron chi connectivity index (χ4n) is 1.60. The van der Waals surface area contributed by atoms with Gasteiger partial charge in [-0.2, -0.15) is 0 Å². The standard InChI is InChI=1S/C10H11BrN4O2S/c1-6(4-9(16)17)5-15-10(12-13-14-15)7-2-3-8(11)18-7/h2-3,6H,4-5H2,1H3,(H,16,17). The number of carbonyl (C=O) groups is 1. The minimum atomic E-state index is -0.809. The number of tetrazole rings is 1. The number of thiophene rings is 1. The highest BCUT2D eigenvalue weighted by Gasteiger charge is 2.15. The van der Waals surface area contributed by atoms with Gasteiger partial charge >= 0.3 is 5.97 Å². The second-order valence-corrected chi connectivity index (χ2v) is 6.45. The van der Waals surface area contributed by atoms with Crippen LogP contribution < -0.4 is 0 Å². The number of carboxylic acids is 1. The van der Waals surface area contributed by atoms with Crippen molar-refractivity contribution in [1.29, 1.82) is 0 Å². The quantitative estimate of drug-likeness (QED) is 0.909. The van der Waals surface area contributed by atoms with Crippen molar-refractivity contribution in [1.82, 2.24) is 20.2 Å². The van der Waals surface area contributed by atoms with Gasteiger partial charge < -0.3 is 5.11 Å². The van der Waals surface area contributed by atoms with Crippen molar-refractivity contribution in [3.8, 4) is 10.7 Å². The van der Waals surface area contributed by atoms with Crippen LogP contribution in [0.1, 0.15) is 13.3 Å². The van der Waals surface area contributed by atoms with Crippen LogP contribution in [0.15, 0.2) is 15.9 Å². The Morgan fingerprint density at radius 2 is 2.39 bits per heavy atom. The van der Waals surface area contributed by atoms with E-state index in [0.717, 1.165) is 8.66 Å². The van der Waals surface area contributed by atoms with Gasteiger partial charge in [-0.1, -0.05) is 6.92 Å². The molecule has 0 aliphatic heterocycles.